The van der Waals surface area contributed by atoms with E-state index in [1.807, 2.05) is 0 Å². The second-order valence-electron chi connectivity index (χ2n) is 5.99. The number of alkyl carbamates (subject to hydrolysis) is 1. The summed E-state index contributed by atoms with van der Waals surface area (Å²) in [6.45, 7) is 4.25. The van der Waals surface area contributed by atoms with Gasteiger partial charge in [-0.1, -0.05) is 13.8 Å². The number of likely N-dealkylation sites (tertiary alicyclic amines) is 1. The van der Waals surface area contributed by atoms with Gasteiger partial charge in [-0.25, -0.2) is 9.59 Å². The average molecular weight is 330 g/mol. The molecule has 23 heavy (non-hydrogen) atoms. The lowest BCUT2D eigenvalue weighted by Gasteiger charge is -2.29. The zero-order valence-corrected chi connectivity index (χ0v) is 13.4. The number of rotatable bonds is 4. The van der Waals surface area contributed by atoms with Crippen molar-refractivity contribution in [2.75, 3.05) is 26.9 Å². The Bertz CT molecular complexity index is 488. The smallest absolute Gasteiger partial charge is 0.407 e. The number of hydrogen-bond acceptors (Lipinski definition) is 6. The lowest BCUT2D eigenvalue weighted by atomic mass is 10.0. The predicted octanol–water partition coefficient (Wildman–Crippen LogP) is -0.204. The SMILES string of the molecule is COC(=O)N[C@@H](C(=O)N1CC2(C[C@H]1C(=O)O)OCCO2)C(C)C. The Morgan fingerprint density at radius 2 is 1.91 bits per heavy atom. The van der Waals surface area contributed by atoms with E-state index in [0.717, 1.165) is 0 Å². The van der Waals surface area contributed by atoms with Crippen LogP contribution in [0.2, 0.25) is 0 Å². The molecule has 2 aliphatic heterocycles. The number of carboxylic acids is 1. The summed E-state index contributed by atoms with van der Waals surface area (Å²) in [6, 6.07) is -1.94. The molecule has 0 aromatic heterocycles. The van der Waals surface area contributed by atoms with E-state index in [0.29, 0.717) is 13.2 Å². The third-order valence-electron chi connectivity index (χ3n) is 4.06. The summed E-state index contributed by atoms with van der Waals surface area (Å²) >= 11 is 0. The van der Waals surface area contributed by atoms with Gasteiger partial charge in [-0.05, 0) is 5.92 Å². The molecule has 2 aliphatic rings. The zero-order chi connectivity index (χ0) is 17.2. The first-order valence-corrected chi connectivity index (χ1v) is 7.45. The van der Waals surface area contributed by atoms with Crippen molar-refractivity contribution in [3.63, 3.8) is 0 Å². The van der Waals surface area contributed by atoms with Gasteiger partial charge in [0.1, 0.15) is 12.1 Å². The zero-order valence-electron chi connectivity index (χ0n) is 13.4. The maximum absolute atomic E-state index is 12.8. The second kappa shape index (κ2) is 6.71. The topological polar surface area (TPSA) is 114 Å². The average Bonchev–Trinajstić information content (AvgIpc) is 3.11. The predicted molar refractivity (Wildman–Crippen MR) is 76.6 cm³/mol. The van der Waals surface area contributed by atoms with Crippen molar-refractivity contribution in [2.45, 2.75) is 38.1 Å². The molecular formula is C14H22N2O7. The Morgan fingerprint density at radius 3 is 2.39 bits per heavy atom. The van der Waals surface area contributed by atoms with Crippen molar-refractivity contribution >= 4 is 18.0 Å². The van der Waals surface area contributed by atoms with Crippen molar-refractivity contribution in [3.8, 4) is 0 Å². The summed E-state index contributed by atoms with van der Waals surface area (Å²) in [5, 5.41) is 11.9. The van der Waals surface area contributed by atoms with Gasteiger partial charge in [0.25, 0.3) is 0 Å². The number of carbonyl (C=O) groups excluding carboxylic acids is 2. The number of nitrogens with zero attached hydrogens (tertiary/aromatic N) is 1. The van der Waals surface area contributed by atoms with Crippen molar-refractivity contribution in [1.29, 1.82) is 0 Å². The molecule has 0 aromatic rings. The summed E-state index contributed by atoms with van der Waals surface area (Å²) in [4.78, 5) is 36.9. The van der Waals surface area contributed by atoms with E-state index in [2.05, 4.69) is 10.1 Å². The van der Waals surface area contributed by atoms with Crippen LogP contribution in [0.3, 0.4) is 0 Å². The summed E-state index contributed by atoms with van der Waals surface area (Å²) < 4.78 is 15.6. The fraction of sp³-hybridized carbons (Fsp3) is 0.786. The summed E-state index contributed by atoms with van der Waals surface area (Å²) in [6.07, 6.45) is -0.678. The van der Waals surface area contributed by atoms with Gasteiger partial charge in [-0.2, -0.15) is 0 Å². The van der Waals surface area contributed by atoms with Gasteiger partial charge in [0.15, 0.2) is 5.79 Å². The molecule has 0 bridgehead atoms. The van der Waals surface area contributed by atoms with Crippen LogP contribution < -0.4 is 5.32 Å². The van der Waals surface area contributed by atoms with Crippen LogP contribution in [0.5, 0.6) is 0 Å². The molecule has 2 amide bonds. The summed E-state index contributed by atoms with van der Waals surface area (Å²) in [5.74, 6) is -2.92. The summed E-state index contributed by atoms with van der Waals surface area (Å²) in [5.41, 5.74) is 0. The summed E-state index contributed by atoms with van der Waals surface area (Å²) in [7, 11) is 1.20. The number of hydrogen-bond donors (Lipinski definition) is 2. The molecule has 2 N–H and O–H groups in total. The van der Waals surface area contributed by atoms with E-state index in [4.69, 9.17) is 9.47 Å². The quantitative estimate of drug-likeness (QED) is 0.733. The van der Waals surface area contributed by atoms with Gasteiger partial charge < -0.3 is 29.5 Å². The number of carboxylic acid groups (broad SMARTS) is 1. The molecular weight excluding hydrogens is 308 g/mol. The molecule has 130 valence electrons. The first-order valence-electron chi connectivity index (χ1n) is 7.45. The van der Waals surface area contributed by atoms with Crippen LogP contribution >= 0.6 is 0 Å². The van der Waals surface area contributed by atoms with Gasteiger partial charge >= 0.3 is 12.1 Å². The van der Waals surface area contributed by atoms with Crippen LogP contribution in [0.25, 0.3) is 0 Å². The minimum atomic E-state index is -1.13. The number of nitrogens with one attached hydrogen (secondary N) is 1. The highest BCUT2D eigenvalue weighted by molar-refractivity contribution is 5.90. The Hall–Kier alpha value is -1.87. The molecule has 9 heteroatoms. The normalized spacial score (nSPS) is 24.0. The molecule has 9 nitrogen and oxygen atoms in total. The van der Waals surface area contributed by atoms with Crippen molar-refractivity contribution in [2.24, 2.45) is 5.92 Å². The van der Waals surface area contributed by atoms with Gasteiger partial charge in [0.2, 0.25) is 5.91 Å². The van der Waals surface area contributed by atoms with Crippen LogP contribution in [-0.2, 0) is 23.8 Å². The Labute approximate surface area is 133 Å². The monoisotopic (exact) mass is 330 g/mol. The second-order valence-corrected chi connectivity index (χ2v) is 5.99. The molecule has 1 spiro atoms. The van der Waals surface area contributed by atoms with E-state index in [1.54, 1.807) is 13.8 Å². The van der Waals surface area contributed by atoms with Gasteiger partial charge in [-0.3, -0.25) is 4.79 Å². The lowest BCUT2D eigenvalue weighted by molar-refractivity contribution is -0.153. The van der Waals surface area contributed by atoms with Crippen LogP contribution in [0.4, 0.5) is 4.79 Å². The van der Waals surface area contributed by atoms with Gasteiger partial charge in [-0.15, -0.1) is 0 Å². The molecule has 0 aromatic carbocycles. The first kappa shape index (κ1) is 17.5. The van der Waals surface area contributed by atoms with E-state index < -0.39 is 35.8 Å². The molecule has 2 heterocycles. The number of amides is 2. The van der Waals surface area contributed by atoms with E-state index in [-0.39, 0.29) is 18.9 Å². The lowest BCUT2D eigenvalue weighted by Crippen LogP contribution is -2.54. The van der Waals surface area contributed by atoms with E-state index in [9.17, 15) is 19.5 Å². The minimum Gasteiger partial charge on any atom is -0.480 e. The van der Waals surface area contributed by atoms with Crippen LogP contribution in [0, 0.1) is 5.92 Å². The number of ether oxygens (including phenoxy) is 3. The Morgan fingerprint density at radius 1 is 1.30 bits per heavy atom. The standard InChI is InChI=1S/C14H22N2O7/c1-8(2)10(15-13(20)21-3)11(17)16-7-14(22-4-5-23-14)6-9(16)12(18)19/h8-10H,4-7H2,1-3H3,(H,15,20)(H,18,19)/t9-,10+/m0/s1. The van der Waals surface area contributed by atoms with E-state index >= 15 is 0 Å². The minimum absolute atomic E-state index is 0.0227. The van der Waals surface area contributed by atoms with Crippen molar-refractivity contribution in [1.82, 2.24) is 10.2 Å². The van der Waals surface area contributed by atoms with Gasteiger partial charge in [0, 0.05) is 6.42 Å². The highest BCUT2D eigenvalue weighted by Gasteiger charge is 2.53. The third kappa shape index (κ3) is 3.56. The van der Waals surface area contributed by atoms with Crippen LogP contribution in [0.15, 0.2) is 0 Å². The van der Waals surface area contributed by atoms with Crippen LogP contribution in [-0.4, -0.2) is 72.7 Å². The fourth-order valence-electron chi connectivity index (χ4n) is 2.88. The molecule has 2 saturated heterocycles. The fourth-order valence-corrected chi connectivity index (χ4v) is 2.88. The maximum atomic E-state index is 12.8. The first-order chi connectivity index (χ1) is 10.8. The number of methoxy groups -OCH3 is 1. The molecule has 0 unspecified atom stereocenters. The molecule has 2 atom stereocenters. The van der Waals surface area contributed by atoms with E-state index in [1.165, 1.54) is 12.0 Å². The third-order valence-corrected chi connectivity index (χ3v) is 4.06. The molecule has 2 fully saturated rings. The van der Waals surface area contributed by atoms with Crippen LogP contribution in [0.1, 0.15) is 20.3 Å². The Kier molecular flexibility index (Phi) is 5.10. The van der Waals surface area contributed by atoms with Crippen molar-refractivity contribution in [3.05, 3.63) is 0 Å². The number of aliphatic carboxylic acids is 1. The molecule has 0 radical (unpaired) electrons. The highest BCUT2D eigenvalue weighted by atomic mass is 16.7. The number of carbonyl (C=O) groups is 3. The highest BCUT2D eigenvalue weighted by Crippen LogP contribution is 2.35. The maximum Gasteiger partial charge on any atom is 0.407 e. The largest absolute Gasteiger partial charge is 0.480 e. The molecule has 0 saturated carbocycles. The van der Waals surface area contributed by atoms with Crippen molar-refractivity contribution < 1.29 is 33.7 Å². The van der Waals surface area contributed by atoms with Gasteiger partial charge in [0.05, 0.1) is 26.9 Å². The molecule has 0 aliphatic carbocycles. The molecule has 2 rings (SSSR count). The Balaban J connectivity index is 2.19.